The molecule has 4 rings (SSSR count). The Bertz CT molecular complexity index is 1120. The molecule has 10 heteroatoms. The number of nitrogens with zero attached hydrogens (tertiary/aromatic N) is 3. The molecule has 0 spiro atoms. The molecule has 1 amide bonds. The number of nitrogens with one attached hydrogen (secondary N) is 1. The van der Waals surface area contributed by atoms with Crippen molar-refractivity contribution in [1.29, 1.82) is 0 Å². The summed E-state index contributed by atoms with van der Waals surface area (Å²) in [6.07, 6.45) is 1.38. The highest BCUT2D eigenvalue weighted by Gasteiger charge is 2.27. The maximum Gasteiger partial charge on any atom is 0.334 e. The Kier molecular flexibility index (Phi) is 4.19. The van der Waals surface area contributed by atoms with Crippen LogP contribution in [0.2, 0.25) is 5.02 Å². The maximum absolute atomic E-state index is 12.8. The van der Waals surface area contributed by atoms with Crippen molar-refractivity contribution in [2.75, 3.05) is 5.32 Å². The first-order valence-corrected chi connectivity index (χ1v) is 9.29. The topological polar surface area (TPSA) is 97.1 Å². The molecule has 7 nitrogen and oxygen atoms in total. The highest BCUT2D eigenvalue weighted by molar-refractivity contribution is 7.12. The fourth-order valence-corrected chi connectivity index (χ4v) is 3.84. The van der Waals surface area contributed by atoms with E-state index in [1.165, 1.54) is 23.6 Å². The Balaban J connectivity index is 1.90. The van der Waals surface area contributed by atoms with Crippen LogP contribution in [0.15, 0.2) is 41.9 Å². The van der Waals surface area contributed by atoms with Crippen LogP contribution >= 0.6 is 34.5 Å². The summed E-state index contributed by atoms with van der Waals surface area (Å²) in [7, 11) is 0. The van der Waals surface area contributed by atoms with E-state index in [0.717, 1.165) is 16.1 Å². The SMILES string of the molecule is O=C(c1cccs1)c1c(O)n(C(=O)Nc2cnns2)c2cc(Cl)ccc12. The number of anilines is 1. The molecule has 3 heterocycles. The molecule has 0 aliphatic carbocycles. The van der Waals surface area contributed by atoms with Crippen LogP contribution in [0, 0.1) is 0 Å². The van der Waals surface area contributed by atoms with Crippen molar-refractivity contribution < 1.29 is 14.7 Å². The average Bonchev–Trinajstić information content (AvgIpc) is 3.33. The number of aromatic nitrogens is 3. The number of thiophene rings is 1. The molecule has 130 valence electrons. The number of hydrogen-bond donors (Lipinski definition) is 2. The summed E-state index contributed by atoms with van der Waals surface area (Å²) < 4.78 is 4.68. The Hall–Kier alpha value is -2.75. The van der Waals surface area contributed by atoms with Crippen LogP contribution in [0.25, 0.3) is 10.9 Å². The van der Waals surface area contributed by atoms with Gasteiger partial charge in [-0.3, -0.25) is 10.1 Å². The van der Waals surface area contributed by atoms with E-state index in [9.17, 15) is 14.7 Å². The molecule has 3 aromatic heterocycles. The predicted octanol–water partition coefficient (Wildman–Crippen LogP) is 4.22. The third kappa shape index (κ3) is 2.75. The Morgan fingerprint density at radius 1 is 1.27 bits per heavy atom. The summed E-state index contributed by atoms with van der Waals surface area (Å²) in [5.41, 5.74) is 0.376. The fourth-order valence-electron chi connectivity index (χ4n) is 2.59. The molecule has 0 atom stereocenters. The van der Waals surface area contributed by atoms with Gasteiger partial charge >= 0.3 is 6.03 Å². The van der Waals surface area contributed by atoms with E-state index in [2.05, 4.69) is 14.9 Å². The smallest absolute Gasteiger partial charge is 0.334 e. The summed E-state index contributed by atoms with van der Waals surface area (Å²) in [5, 5.41) is 19.9. The van der Waals surface area contributed by atoms with E-state index in [4.69, 9.17) is 11.6 Å². The summed E-state index contributed by atoms with van der Waals surface area (Å²) in [5.74, 6) is -0.813. The molecule has 0 unspecified atom stereocenters. The molecule has 0 bridgehead atoms. The quantitative estimate of drug-likeness (QED) is 0.498. The van der Waals surface area contributed by atoms with Gasteiger partial charge in [-0.05, 0) is 23.6 Å². The zero-order valence-electron chi connectivity index (χ0n) is 12.8. The second kappa shape index (κ2) is 6.52. The van der Waals surface area contributed by atoms with Gasteiger partial charge in [-0.15, -0.1) is 16.4 Å². The van der Waals surface area contributed by atoms with Crippen LogP contribution in [0.4, 0.5) is 9.80 Å². The van der Waals surface area contributed by atoms with Gasteiger partial charge in [0.25, 0.3) is 0 Å². The number of hydrogen-bond acceptors (Lipinski definition) is 7. The third-order valence-corrected chi connectivity index (χ3v) is 5.36. The lowest BCUT2D eigenvalue weighted by atomic mass is 10.1. The van der Waals surface area contributed by atoms with Gasteiger partial charge in [-0.25, -0.2) is 9.36 Å². The molecule has 2 N–H and O–H groups in total. The van der Waals surface area contributed by atoms with Crippen molar-refractivity contribution in [3.05, 3.63) is 57.4 Å². The minimum Gasteiger partial charge on any atom is -0.494 e. The highest BCUT2D eigenvalue weighted by Crippen LogP contribution is 2.35. The highest BCUT2D eigenvalue weighted by atomic mass is 35.5. The van der Waals surface area contributed by atoms with E-state index in [1.807, 2.05) is 0 Å². The third-order valence-electron chi connectivity index (χ3n) is 3.67. The number of amides is 1. The average molecular weight is 405 g/mol. The second-order valence-corrected chi connectivity index (χ2v) is 7.38. The van der Waals surface area contributed by atoms with E-state index >= 15 is 0 Å². The number of ketones is 1. The van der Waals surface area contributed by atoms with E-state index in [1.54, 1.807) is 29.6 Å². The Labute approximate surface area is 159 Å². The van der Waals surface area contributed by atoms with Crippen molar-refractivity contribution in [3.8, 4) is 5.88 Å². The summed E-state index contributed by atoms with van der Waals surface area (Å²) in [4.78, 5) is 26.0. The van der Waals surface area contributed by atoms with E-state index in [-0.39, 0.29) is 11.3 Å². The van der Waals surface area contributed by atoms with Gasteiger partial charge in [0.2, 0.25) is 11.7 Å². The molecule has 4 aromatic rings. The lowest BCUT2D eigenvalue weighted by Gasteiger charge is -2.06. The van der Waals surface area contributed by atoms with Gasteiger partial charge in [0, 0.05) is 21.9 Å². The molecule has 26 heavy (non-hydrogen) atoms. The monoisotopic (exact) mass is 404 g/mol. The lowest BCUT2D eigenvalue weighted by molar-refractivity contribution is 0.104. The standard InChI is InChI=1S/C16H9ClN4O3S2/c17-8-3-4-9-10(6-8)21(16(24)19-12-7-18-20-26-12)15(23)13(9)14(22)11-2-1-5-25-11/h1-7,23H,(H,19,24). The van der Waals surface area contributed by atoms with E-state index < -0.39 is 11.9 Å². The zero-order chi connectivity index (χ0) is 18.3. The molecule has 0 aliphatic rings. The molecule has 0 saturated carbocycles. The van der Waals surface area contributed by atoms with Gasteiger partial charge in [-0.1, -0.05) is 28.2 Å². The molecule has 1 aromatic carbocycles. The molecule has 0 aliphatic heterocycles. The van der Waals surface area contributed by atoms with Crippen molar-refractivity contribution >= 4 is 62.2 Å². The molecular formula is C16H9ClN4O3S2. The molecule has 0 fully saturated rings. The summed E-state index contributed by atoms with van der Waals surface area (Å²) in [6, 6.07) is 7.49. The van der Waals surface area contributed by atoms with Crippen molar-refractivity contribution in [1.82, 2.24) is 14.2 Å². The number of carbonyl (C=O) groups excluding carboxylic acids is 2. The number of benzene rings is 1. The van der Waals surface area contributed by atoms with Gasteiger partial charge in [-0.2, -0.15) is 0 Å². The van der Waals surface area contributed by atoms with Gasteiger partial charge in [0.05, 0.1) is 22.2 Å². The number of rotatable bonds is 3. The molecular weight excluding hydrogens is 396 g/mol. The van der Waals surface area contributed by atoms with Crippen LogP contribution in [0.5, 0.6) is 5.88 Å². The summed E-state index contributed by atoms with van der Waals surface area (Å²) >= 11 is 8.30. The predicted molar refractivity (Wildman–Crippen MR) is 101 cm³/mol. The van der Waals surface area contributed by atoms with Crippen molar-refractivity contribution in [2.45, 2.75) is 0 Å². The lowest BCUT2D eigenvalue weighted by Crippen LogP contribution is -2.18. The van der Waals surface area contributed by atoms with Crippen LogP contribution in [0.1, 0.15) is 15.2 Å². The van der Waals surface area contributed by atoms with Crippen LogP contribution in [0.3, 0.4) is 0 Å². The van der Waals surface area contributed by atoms with Crippen LogP contribution in [-0.4, -0.2) is 31.1 Å². The number of carbonyl (C=O) groups is 2. The number of fused-ring (bicyclic) bond motifs is 1. The van der Waals surface area contributed by atoms with Gasteiger partial charge in [0.15, 0.2) is 0 Å². The summed E-state index contributed by atoms with van der Waals surface area (Å²) in [6.45, 7) is 0. The Morgan fingerprint density at radius 3 is 2.81 bits per heavy atom. The largest absolute Gasteiger partial charge is 0.494 e. The first-order valence-electron chi connectivity index (χ1n) is 7.26. The second-order valence-electron chi connectivity index (χ2n) is 5.21. The van der Waals surface area contributed by atoms with Crippen LogP contribution in [-0.2, 0) is 0 Å². The first kappa shape index (κ1) is 16.7. The minimum absolute atomic E-state index is 0.0525. The Morgan fingerprint density at radius 2 is 2.12 bits per heavy atom. The van der Waals surface area contributed by atoms with E-state index in [0.29, 0.717) is 25.8 Å². The molecule has 0 radical (unpaired) electrons. The van der Waals surface area contributed by atoms with Crippen molar-refractivity contribution in [3.63, 3.8) is 0 Å². The zero-order valence-corrected chi connectivity index (χ0v) is 15.2. The van der Waals surface area contributed by atoms with Gasteiger partial charge < -0.3 is 5.11 Å². The van der Waals surface area contributed by atoms with Crippen LogP contribution < -0.4 is 5.32 Å². The van der Waals surface area contributed by atoms with Gasteiger partial charge in [0.1, 0.15) is 5.00 Å². The first-order chi connectivity index (χ1) is 12.6. The minimum atomic E-state index is -0.647. The fraction of sp³-hybridized carbons (Fsp3) is 0. The normalized spacial score (nSPS) is 11.0. The maximum atomic E-state index is 12.8. The molecule has 0 saturated heterocycles. The van der Waals surface area contributed by atoms with Crippen molar-refractivity contribution in [2.24, 2.45) is 0 Å². The number of halogens is 1. The number of aromatic hydroxyl groups is 1.